The van der Waals surface area contributed by atoms with Gasteiger partial charge in [0.15, 0.2) is 0 Å². The van der Waals surface area contributed by atoms with Gasteiger partial charge in [0, 0.05) is 23.2 Å². The second-order valence-corrected chi connectivity index (χ2v) is 6.49. The summed E-state index contributed by atoms with van der Waals surface area (Å²) in [4.78, 5) is 23.9. The number of benzene rings is 1. The molecule has 3 N–H and O–H groups in total. The molecular weight excluding hydrogens is 290 g/mol. The Bertz CT molecular complexity index is 724. The van der Waals surface area contributed by atoms with Crippen molar-refractivity contribution in [3.05, 3.63) is 57.5 Å². The van der Waals surface area contributed by atoms with Crippen molar-refractivity contribution in [1.29, 1.82) is 0 Å². The lowest BCUT2D eigenvalue weighted by molar-refractivity contribution is -0.120. The van der Waals surface area contributed by atoms with Crippen molar-refractivity contribution in [1.82, 2.24) is 15.5 Å². The highest BCUT2D eigenvalue weighted by Crippen LogP contribution is 2.40. The molecule has 2 aromatic rings. The highest BCUT2D eigenvalue weighted by molar-refractivity contribution is 5.78. The first kappa shape index (κ1) is 15.6. The van der Waals surface area contributed by atoms with E-state index in [1.807, 2.05) is 6.07 Å². The molecule has 0 spiro atoms. The fourth-order valence-corrected chi connectivity index (χ4v) is 3.59. The molecule has 0 aliphatic heterocycles. The molecule has 5 nitrogen and oxygen atoms in total. The summed E-state index contributed by atoms with van der Waals surface area (Å²) in [5, 5.41) is 8.32. The highest BCUT2D eigenvalue weighted by Gasteiger charge is 2.35. The number of nitrogens with one attached hydrogen (secondary N) is 3. The van der Waals surface area contributed by atoms with Crippen molar-refractivity contribution < 1.29 is 4.79 Å². The third-order valence-corrected chi connectivity index (χ3v) is 5.00. The number of hydrogen-bond acceptors (Lipinski definition) is 2. The number of carbonyl (C=O) groups is 1. The van der Waals surface area contributed by atoms with E-state index in [1.54, 1.807) is 6.92 Å². The first-order valence-corrected chi connectivity index (χ1v) is 8.19. The van der Waals surface area contributed by atoms with Crippen LogP contribution in [0.15, 0.2) is 35.1 Å². The van der Waals surface area contributed by atoms with Gasteiger partial charge in [-0.2, -0.15) is 0 Å². The van der Waals surface area contributed by atoms with Gasteiger partial charge in [-0.1, -0.05) is 43.2 Å². The summed E-state index contributed by atoms with van der Waals surface area (Å²) in [6, 6.07) is 10.4. The van der Waals surface area contributed by atoms with Crippen LogP contribution in [-0.4, -0.2) is 22.6 Å². The van der Waals surface area contributed by atoms with Gasteiger partial charge in [0.25, 0.3) is 5.56 Å². The molecule has 0 atom stereocenters. The van der Waals surface area contributed by atoms with E-state index >= 15 is 0 Å². The van der Waals surface area contributed by atoms with Crippen LogP contribution < -0.4 is 10.9 Å². The molecule has 0 saturated heterocycles. The fraction of sp³-hybridized carbons (Fsp3) is 0.444. The lowest BCUT2D eigenvalue weighted by atomic mass is 9.79. The second kappa shape index (κ2) is 6.44. The molecule has 1 aromatic heterocycles. The van der Waals surface area contributed by atoms with E-state index in [-0.39, 0.29) is 23.3 Å². The molecule has 1 amide bonds. The number of aromatic amines is 2. The zero-order chi connectivity index (χ0) is 16.3. The third-order valence-electron chi connectivity index (χ3n) is 5.00. The Hall–Kier alpha value is -2.30. The van der Waals surface area contributed by atoms with Crippen molar-refractivity contribution >= 4 is 5.91 Å². The Morgan fingerprint density at radius 2 is 1.87 bits per heavy atom. The predicted molar refractivity (Wildman–Crippen MR) is 89.5 cm³/mol. The van der Waals surface area contributed by atoms with E-state index in [0.29, 0.717) is 12.1 Å². The lowest BCUT2D eigenvalue weighted by Crippen LogP contribution is -2.40. The second-order valence-electron chi connectivity index (χ2n) is 6.49. The van der Waals surface area contributed by atoms with Gasteiger partial charge in [-0.3, -0.25) is 14.7 Å². The summed E-state index contributed by atoms with van der Waals surface area (Å²) in [6.45, 7) is 2.43. The molecule has 0 radical (unpaired) electrons. The Balaban J connectivity index is 1.68. The normalized spacial score (nSPS) is 16.4. The maximum Gasteiger partial charge on any atom is 0.267 e. The molecule has 3 rings (SSSR count). The average molecular weight is 313 g/mol. The first-order valence-electron chi connectivity index (χ1n) is 8.19. The van der Waals surface area contributed by atoms with E-state index in [1.165, 1.54) is 18.4 Å². The van der Waals surface area contributed by atoms with E-state index in [0.717, 1.165) is 18.5 Å². The van der Waals surface area contributed by atoms with Gasteiger partial charge in [-0.25, -0.2) is 0 Å². The maximum absolute atomic E-state index is 12.3. The standard InChI is InChI=1S/C18H23N3O2/c1-13-15(17(23)21-20-13)11-16(22)19-12-18(9-5-6-10-18)14-7-3-2-4-8-14/h2-4,7-8H,5-6,9-12H2,1H3,(H,19,22)(H2,20,21,23). The number of rotatable bonds is 5. The molecule has 0 unspecified atom stereocenters. The van der Waals surface area contributed by atoms with Crippen LogP contribution in [0.2, 0.25) is 0 Å². The van der Waals surface area contributed by atoms with Crippen LogP contribution in [0.25, 0.3) is 0 Å². The predicted octanol–water partition coefficient (Wildman–Crippen LogP) is 2.18. The van der Waals surface area contributed by atoms with Gasteiger partial charge < -0.3 is 10.4 Å². The summed E-state index contributed by atoms with van der Waals surface area (Å²) in [7, 11) is 0. The van der Waals surface area contributed by atoms with Gasteiger partial charge in [0.2, 0.25) is 5.91 Å². The van der Waals surface area contributed by atoms with E-state index in [9.17, 15) is 9.59 Å². The van der Waals surface area contributed by atoms with Crippen LogP contribution in [0.1, 0.15) is 42.5 Å². The average Bonchev–Trinajstić information content (AvgIpc) is 3.17. The zero-order valence-electron chi connectivity index (χ0n) is 13.4. The molecule has 0 bridgehead atoms. The van der Waals surface area contributed by atoms with Crippen molar-refractivity contribution in [3.63, 3.8) is 0 Å². The number of H-pyrrole nitrogens is 2. The molecule has 1 aliphatic carbocycles. The summed E-state index contributed by atoms with van der Waals surface area (Å²) >= 11 is 0. The lowest BCUT2D eigenvalue weighted by Gasteiger charge is -2.30. The Morgan fingerprint density at radius 1 is 1.17 bits per heavy atom. The van der Waals surface area contributed by atoms with Crippen LogP contribution in [0.5, 0.6) is 0 Å². The Labute approximate surface area is 135 Å². The van der Waals surface area contributed by atoms with Crippen molar-refractivity contribution in [2.45, 2.75) is 44.4 Å². The molecule has 1 aromatic carbocycles. The number of aryl methyl sites for hydroxylation is 1. The summed E-state index contributed by atoms with van der Waals surface area (Å²) < 4.78 is 0. The molecular formula is C18H23N3O2. The SMILES string of the molecule is Cc1[nH][nH]c(=O)c1CC(=O)NCC1(c2ccccc2)CCCC1. The molecule has 1 heterocycles. The molecule has 1 fully saturated rings. The molecule has 5 heteroatoms. The van der Waals surface area contributed by atoms with Crippen LogP contribution >= 0.6 is 0 Å². The van der Waals surface area contributed by atoms with Crippen LogP contribution in [0.4, 0.5) is 0 Å². The Morgan fingerprint density at radius 3 is 2.48 bits per heavy atom. The van der Waals surface area contributed by atoms with E-state index < -0.39 is 0 Å². The van der Waals surface area contributed by atoms with Gasteiger partial charge in [0.05, 0.1) is 6.42 Å². The zero-order valence-corrected chi connectivity index (χ0v) is 13.4. The van der Waals surface area contributed by atoms with Crippen molar-refractivity contribution in [2.24, 2.45) is 0 Å². The minimum absolute atomic E-state index is 0.0382. The number of hydrogen-bond donors (Lipinski definition) is 3. The van der Waals surface area contributed by atoms with Gasteiger partial charge in [0.1, 0.15) is 0 Å². The summed E-state index contributed by atoms with van der Waals surface area (Å²) in [6.07, 6.45) is 4.71. The van der Waals surface area contributed by atoms with Gasteiger partial charge >= 0.3 is 0 Å². The van der Waals surface area contributed by atoms with Crippen molar-refractivity contribution in [2.75, 3.05) is 6.54 Å². The molecule has 122 valence electrons. The monoisotopic (exact) mass is 313 g/mol. The molecule has 1 aliphatic rings. The van der Waals surface area contributed by atoms with Crippen LogP contribution in [0.3, 0.4) is 0 Å². The summed E-state index contributed by atoms with van der Waals surface area (Å²) in [5.41, 5.74) is 2.37. The van der Waals surface area contributed by atoms with Crippen LogP contribution in [0, 0.1) is 6.92 Å². The molecule has 1 saturated carbocycles. The van der Waals surface area contributed by atoms with Crippen LogP contribution in [-0.2, 0) is 16.6 Å². The minimum atomic E-state index is -0.212. The number of carbonyl (C=O) groups excluding carboxylic acids is 1. The quantitative estimate of drug-likeness (QED) is 0.791. The largest absolute Gasteiger partial charge is 0.355 e. The van der Waals surface area contributed by atoms with Crippen molar-refractivity contribution in [3.8, 4) is 0 Å². The van der Waals surface area contributed by atoms with E-state index in [2.05, 4.69) is 39.8 Å². The van der Waals surface area contributed by atoms with Gasteiger partial charge in [-0.05, 0) is 25.3 Å². The maximum atomic E-state index is 12.3. The first-order chi connectivity index (χ1) is 11.1. The van der Waals surface area contributed by atoms with Gasteiger partial charge in [-0.15, -0.1) is 0 Å². The fourth-order valence-electron chi connectivity index (χ4n) is 3.59. The minimum Gasteiger partial charge on any atom is -0.355 e. The third kappa shape index (κ3) is 3.23. The Kier molecular flexibility index (Phi) is 4.37. The topological polar surface area (TPSA) is 77.8 Å². The smallest absolute Gasteiger partial charge is 0.267 e. The summed E-state index contributed by atoms with van der Waals surface area (Å²) in [5.74, 6) is -0.0968. The van der Waals surface area contributed by atoms with E-state index in [4.69, 9.17) is 0 Å². The molecule has 23 heavy (non-hydrogen) atoms. The number of amides is 1. The highest BCUT2D eigenvalue weighted by atomic mass is 16.2. The number of aromatic nitrogens is 2.